The highest BCUT2D eigenvalue weighted by Gasteiger charge is 2.07. The first kappa shape index (κ1) is 14.5. The largest absolute Gasteiger partial charge is 0.375 e. The maximum atomic E-state index is 13.4. The molecular formula is C15H14BrFN2O. The van der Waals surface area contributed by atoms with Crippen molar-refractivity contribution in [1.82, 2.24) is 0 Å². The molecule has 2 rings (SSSR count). The van der Waals surface area contributed by atoms with Crippen LogP contribution in [0.25, 0.3) is 0 Å². The van der Waals surface area contributed by atoms with Crippen LogP contribution < -0.4 is 10.6 Å². The molecule has 0 fully saturated rings. The summed E-state index contributed by atoms with van der Waals surface area (Å²) in [6.45, 7) is 2.03. The number of rotatable bonds is 4. The second-order valence-corrected chi connectivity index (χ2v) is 5.11. The first-order chi connectivity index (χ1) is 9.58. The zero-order valence-corrected chi connectivity index (χ0v) is 12.5. The van der Waals surface area contributed by atoms with Gasteiger partial charge in [-0.1, -0.05) is 24.3 Å². The van der Waals surface area contributed by atoms with E-state index in [1.165, 1.54) is 12.1 Å². The zero-order valence-electron chi connectivity index (χ0n) is 10.9. The molecule has 0 saturated heterocycles. The highest BCUT2D eigenvalue weighted by molar-refractivity contribution is 9.10. The first-order valence-corrected chi connectivity index (χ1v) is 6.90. The van der Waals surface area contributed by atoms with Crippen LogP contribution in [0.4, 0.5) is 15.8 Å². The number of para-hydroxylation sites is 1. The van der Waals surface area contributed by atoms with Crippen molar-refractivity contribution in [2.45, 2.75) is 6.92 Å². The third kappa shape index (κ3) is 3.57. The van der Waals surface area contributed by atoms with Crippen LogP contribution in [0.5, 0.6) is 0 Å². The molecule has 20 heavy (non-hydrogen) atoms. The highest BCUT2D eigenvalue weighted by atomic mass is 79.9. The van der Waals surface area contributed by atoms with Crippen molar-refractivity contribution in [2.75, 3.05) is 17.2 Å². The number of halogens is 2. The molecular weight excluding hydrogens is 323 g/mol. The summed E-state index contributed by atoms with van der Waals surface area (Å²) in [4.78, 5) is 11.8. The molecule has 0 saturated carbocycles. The van der Waals surface area contributed by atoms with E-state index in [0.29, 0.717) is 0 Å². The van der Waals surface area contributed by atoms with Crippen molar-refractivity contribution in [3.63, 3.8) is 0 Å². The summed E-state index contributed by atoms with van der Waals surface area (Å²) in [6.07, 6.45) is 0. The van der Waals surface area contributed by atoms with Gasteiger partial charge in [0.1, 0.15) is 5.82 Å². The lowest BCUT2D eigenvalue weighted by molar-refractivity contribution is -0.114. The number of nitrogens with one attached hydrogen (secondary N) is 2. The number of aryl methyl sites for hydroxylation is 1. The highest BCUT2D eigenvalue weighted by Crippen LogP contribution is 2.25. The number of hydrogen-bond donors (Lipinski definition) is 2. The number of benzene rings is 2. The molecule has 2 aromatic carbocycles. The Kier molecular flexibility index (Phi) is 4.74. The van der Waals surface area contributed by atoms with E-state index in [1.54, 1.807) is 12.1 Å². The molecule has 0 heterocycles. The van der Waals surface area contributed by atoms with Crippen molar-refractivity contribution < 1.29 is 9.18 Å². The lowest BCUT2D eigenvalue weighted by Crippen LogP contribution is -2.22. The second kappa shape index (κ2) is 6.52. The van der Waals surface area contributed by atoms with E-state index in [4.69, 9.17) is 0 Å². The van der Waals surface area contributed by atoms with Gasteiger partial charge in [0.05, 0.1) is 12.2 Å². The lowest BCUT2D eigenvalue weighted by atomic mass is 10.2. The molecule has 0 aliphatic rings. The van der Waals surface area contributed by atoms with Gasteiger partial charge >= 0.3 is 0 Å². The Morgan fingerprint density at radius 1 is 1.15 bits per heavy atom. The Bertz CT molecular complexity index is 631. The van der Waals surface area contributed by atoms with Gasteiger partial charge in [0.25, 0.3) is 0 Å². The van der Waals surface area contributed by atoms with Gasteiger partial charge in [-0.25, -0.2) is 4.39 Å². The minimum Gasteiger partial charge on any atom is -0.375 e. The number of hydrogen-bond acceptors (Lipinski definition) is 2. The fourth-order valence-corrected chi connectivity index (χ4v) is 2.12. The maximum absolute atomic E-state index is 13.4. The first-order valence-electron chi connectivity index (χ1n) is 6.11. The van der Waals surface area contributed by atoms with Crippen LogP contribution in [0.1, 0.15) is 5.56 Å². The number of carbonyl (C=O) groups excluding carboxylic acids is 1. The summed E-state index contributed by atoms with van der Waals surface area (Å²) >= 11 is 3.45. The molecule has 0 bridgehead atoms. The molecule has 2 aromatic rings. The summed E-state index contributed by atoms with van der Waals surface area (Å²) < 4.78 is 14.3. The molecule has 0 spiro atoms. The second-order valence-electron chi connectivity index (χ2n) is 4.32. The molecule has 2 N–H and O–H groups in total. The van der Waals surface area contributed by atoms with E-state index < -0.39 is 5.82 Å². The predicted octanol–water partition coefficient (Wildman–Crippen LogP) is 3.95. The van der Waals surface area contributed by atoms with Crippen molar-refractivity contribution in [1.29, 1.82) is 0 Å². The summed E-state index contributed by atoms with van der Waals surface area (Å²) in [5.74, 6) is -0.749. The Labute approximate surface area is 125 Å². The molecule has 0 aliphatic heterocycles. The predicted molar refractivity (Wildman–Crippen MR) is 82.4 cm³/mol. The molecule has 0 radical (unpaired) electrons. The Hall–Kier alpha value is -1.88. The lowest BCUT2D eigenvalue weighted by Gasteiger charge is -2.11. The molecule has 0 aromatic heterocycles. The number of anilines is 2. The van der Waals surface area contributed by atoms with E-state index in [2.05, 4.69) is 26.6 Å². The third-order valence-electron chi connectivity index (χ3n) is 2.78. The van der Waals surface area contributed by atoms with Gasteiger partial charge in [0.15, 0.2) is 0 Å². The van der Waals surface area contributed by atoms with E-state index in [9.17, 15) is 9.18 Å². The van der Waals surface area contributed by atoms with Gasteiger partial charge in [0.2, 0.25) is 5.91 Å². The molecule has 5 heteroatoms. The van der Waals surface area contributed by atoms with E-state index >= 15 is 0 Å². The normalized spacial score (nSPS) is 10.2. The molecule has 0 atom stereocenters. The van der Waals surface area contributed by atoms with E-state index in [0.717, 1.165) is 15.7 Å². The zero-order chi connectivity index (χ0) is 14.5. The van der Waals surface area contributed by atoms with Crippen LogP contribution in [-0.2, 0) is 4.79 Å². The minimum atomic E-state index is -0.447. The molecule has 0 unspecified atom stereocenters. The van der Waals surface area contributed by atoms with Crippen LogP contribution >= 0.6 is 15.9 Å². The van der Waals surface area contributed by atoms with Gasteiger partial charge < -0.3 is 10.6 Å². The van der Waals surface area contributed by atoms with Gasteiger partial charge in [-0.15, -0.1) is 0 Å². The van der Waals surface area contributed by atoms with E-state index in [-0.39, 0.29) is 18.1 Å². The summed E-state index contributed by atoms with van der Waals surface area (Å²) in [5, 5.41) is 5.53. The van der Waals surface area contributed by atoms with Crippen molar-refractivity contribution in [3.05, 3.63) is 58.3 Å². The number of amides is 1. The quantitative estimate of drug-likeness (QED) is 0.887. The Balaban J connectivity index is 1.96. The van der Waals surface area contributed by atoms with Crippen LogP contribution in [0, 0.1) is 12.7 Å². The monoisotopic (exact) mass is 336 g/mol. The number of carbonyl (C=O) groups is 1. The summed E-state index contributed by atoms with van der Waals surface area (Å²) in [6, 6.07) is 11.8. The fraction of sp³-hybridized carbons (Fsp3) is 0.133. The molecule has 3 nitrogen and oxygen atoms in total. The molecule has 0 aliphatic carbocycles. The van der Waals surface area contributed by atoms with Crippen LogP contribution in [0.15, 0.2) is 46.9 Å². The molecule has 1 amide bonds. The van der Waals surface area contributed by atoms with Gasteiger partial charge in [-0.2, -0.15) is 0 Å². The van der Waals surface area contributed by atoms with Crippen molar-refractivity contribution in [2.24, 2.45) is 0 Å². The van der Waals surface area contributed by atoms with Gasteiger partial charge in [-0.3, -0.25) is 4.79 Å². The maximum Gasteiger partial charge on any atom is 0.243 e. The SMILES string of the molecule is Cc1cccc(NCC(=O)Nc2ccccc2F)c1Br. The topological polar surface area (TPSA) is 41.1 Å². The Morgan fingerprint density at radius 2 is 1.85 bits per heavy atom. The average molecular weight is 337 g/mol. The van der Waals surface area contributed by atoms with Crippen LogP contribution in [0.3, 0.4) is 0 Å². The van der Waals surface area contributed by atoms with Crippen molar-refractivity contribution in [3.8, 4) is 0 Å². The standard InChI is InChI=1S/C15H14BrFN2O/c1-10-5-4-8-13(15(10)16)18-9-14(20)19-12-7-3-2-6-11(12)17/h2-8,18H,9H2,1H3,(H,19,20). The van der Waals surface area contributed by atoms with Gasteiger partial charge in [-0.05, 0) is 46.6 Å². The summed E-state index contributed by atoms with van der Waals surface area (Å²) in [7, 11) is 0. The van der Waals surface area contributed by atoms with Crippen molar-refractivity contribution >= 4 is 33.2 Å². The average Bonchev–Trinajstić information content (AvgIpc) is 2.43. The molecule has 104 valence electrons. The van der Waals surface area contributed by atoms with Crippen LogP contribution in [-0.4, -0.2) is 12.5 Å². The third-order valence-corrected chi connectivity index (χ3v) is 3.83. The smallest absolute Gasteiger partial charge is 0.243 e. The fourth-order valence-electron chi connectivity index (χ4n) is 1.72. The van der Waals surface area contributed by atoms with Crippen LogP contribution in [0.2, 0.25) is 0 Å². The summed E-state index contributed by atoms with van der Waals surface area (Å²) in [5.41, 5.74) is 2.08. The minimum absolute atomic E-state index is 0.0659. The van der Waals surface area contributed by atoms with E-state index in [1.807, 2.05) is 25.1 Å². The van der Waals surface area contributed by atoms with Gasteiger partial charge in [0, 0.05) is 10.2 Å². The Morgan fingerprint density at radius 3 is 2.60 bits per heavy atom.